The largest absolute Gasteiger partial charge is 0.465 e. The molecule has 7 heteroatoms. The molecule has 0 bridgehead atoms. The van der Waals surface area contributed by atoms with Gasteiger partial charge in [-0.15, -0.1) is 0 Å². The first-order chi connectivity index (χ1) is 13.7. The van der Waals surface area contributed by atoms with E-state index in [1.54, 1.807) is 13.1 Å². The zero-order valence-electron chi connectivity index (χ0n) is 17.1. The van der Waals surface area contributed by atoms with Gasteiger partial charge in [-0.2, -0.15) is 0 Å². The van der Waals surface area contributed by atoms with Gasteiger partial charge in [0, 0.05) is 7.05 Å². The van der Waals surface area contributed by atoms with Crippen LogP contribution in [0.2, 0.25) is 0 Å². The molecular formula is C22H23N3O3S. The highest BCUT2D eigenvalue weighted by molar-refractivity contribution is 7.22. The van der Waals surface area contributed by atoms with Crippen LogP contribution < -0.4 is 15.0 Å². The summed E-state index contributed by atoms with van der Waals surface area (Å²) >= 11 is 1.39. The average Bonchev–Trinajstić information content (AvgIpc) is 3.08. The van der Waals surface area contributed by atoms with Gasteiger partial charge in [-0.1, -0.05) is 37.3 Å². The highest BCUT2D eigenvalue weighted by Crippen LogP contribution is 2.38. The quantitative estimate of drug-likeness (QED) is 0.648. The van der Waals surface area contributed by atoms with E-state index in [1.165, 1.54) is 28.7 Å². The summed E-state index contributed by atoms with van der Waals surface area (Å²) in [4.78, 5) is 32.0. The second-order valence-corrected chi connectivity index (χ2v) is 8.86. The lowest BCUT2D eigenvalue weighted by atomic mass is 10.00. The van der Waals surface area contributed by atoms with E-state index < -0.39 is 17.4 Å². The number of carbonyl (C=O) groups excluding carboxylic acids is 2. The van der Waals surface area contributed by atoms with Gasteiger partial charge in [-0.3, -0.25) is 14.9 Å². The Balaban J connectivity index is 1.63. The van der Waals surface area contributed by atoms with Crippen LogP contribution in [0.1, 0.15) is 37.8 Å². The van der Waals surface area contributed by atoms with Gasteiger partial charge in [-0.25, -0.2) is 4.98 Å². The maximum atomic E-state index is 13.1. The zero-order chi connectivity index (χ0) is 20.9. The van der Waals surface area contributed by atoms with Crippen LogP contribution in [0.3, 0.4) is 0 Å². The number of nitrogens with zero attached hydrogens (tertiary/aromatic N) is 2. The van der Waals surface area contributed by atoms with E-state index in [0.29, 0.717) is 22.5 Å². The number of rotatable bonds is 3. The molecule has 0 spiro atoms. The summed E-state index contributed by atoms with van der Waals surface area (Å²) in [6.45, 7) is 7.70. The van der Waals surface area contributed by atoms with Crippen molar-refractivity contribution in [2.75, 3.05) is 17.3 Å². The summed E-state index contributed by atoms with van der Waals surface area (Å²) in [6.07, 6.45) is 0. The van der Waals surface area contributed by atoms with Crippen molar-refractivity contribution in [3.05, 3.63) is 47.5 Å². The fourth-order valence-electron chi connectivity index (χ4n) is 3.38. The third-order valence-corrected chi connectivity index (χ3v) is 6.17. The van der Waals surface area contributed by atoms with E-state index in [0.717, 1.165) is 15.8 Å². The Morgan fingerprint density at radius 3 is 2.72 bits per heavy atom. The molecule has 0 saturated carbocycles. The first kappa shape index (κ1) is 19.4. The van der Waals surface area contributed by atoms with Gasteiger partial charge >= 0.3 is 0 Å². The van der Waals surface area contributed by atoms with Crippen molar-refractivity contribution in [1.29, 1.82) is 0 Å². The molecule has 0 saturated heterocycles. The highest BCUT2D eigenvalue weighted by atomic mass is 32.1. The van der Waals surface area contributed by atoms with Crippen LogP contribution in [-0.4, -0.2) is 29.4 Å². The lowest BCUT2D eigenvalue weighted by molar-refractivity contribution is -0.144. The summed E-state index contributed by atoms with van der Waals surface area (Å²) in [5.41, 5.74) is 2.02. The molecule has 29 heavy (non-hydrogen) atoms. The molecule has 2 amide bonds. The molecule has 2 heterocycles. The van der Waals surface area contributed by atoms with Crippen LogP contribution in [0.15, 0.2) is 36.4 Å². The molecule has 1 aliphatic heterocycles. The van der Waals surface area contributed by atoms with Crippen LogP contribution in [-0.2, 0) is 9.59 Å². The number of nitrogens with one attached hydrogen (secondary N) is 1. The number of fused-ring (bicyclic) bond motifs is 2. The number of aryl methyl sites for hydroxylation is 1. The summed E-state index contributed by atoms with van der Waals surface area (Å²) < 4.78 is 6.88. The third-order valence-electron chi connectivity index (χ3n) is 5.24. The van der Waals surface area contributed by atoms with E-state index in [9.17, 15) is 9.59 Å². The fraction of sp³-hybridized carbons (Fsp3) is 0.318. The van der Waals surface area contributed by atoms with Crippen molar-refractivity contribution < 1.29 is 14.3 Å². The molecule has 150 valence electrons. The smallest absolute Gasteiger partial charge is 0.280 e. The van der Waals surface area contributed by atoms with Crippen molar-refractivity contribution in [2.24, 2.45) is 0 Å². The van der Waals surface area contributed by atoms with Crippen molar-refractivity contribution >= 4 is 44.2 Å². The summed E-state index contributed by atoms with van der Waals surface area (Å²) in [6, 6.07) is 11.6. The van der Waals surface area contributed by atoms with Gasteiger partial charge in [0.2, 0.25) is 0 Å². The standard InChI is InChI=1S/C22H23N3O3S/c1-12(2)14-7-8-15-18(11-14)29-21(23-15)24-19(26)22(4)20(27)25(5)16-10-13(3)6-9-17(16)28-22/h6-12H,1-5H3,(H,23,24,26). The molecule has 2 aromatic carbocycles. The number of amides is 2. The first-order valence-electron chi connectivity index (χ1n) is 9.49. The lowest BCUT2D eigenvalue weighted by Gasteiger charge is -2.37. The van der Waals surface area contributed by atoms with E-state index in [-0.39, 0.29) is 0 Å². The fourth-order valence-corrected chi connectivity index (χ4v) is 4.29. The van der Waals surface area contributed by atoms with Gasteiger partial charge in [0.25, 0.3) is 17.4 Å². The van der Waals surface area contributed by atoms with E-state index in [4.69, 9.17) is 4.74 Å². The van der Waals surface area contributed by atoms with Gasteiger partial charge in [0.1, 0.15) is 5.75 Å². The summed E-state index contributed by atoms with van der Waals surface area (Å²) in [5.74, 6) is -0.0489. The monoisotopic (exact) mass is 409 g/mol. The topological polar surface area (TPSA) is 71.5 Å². The Bertz CT molecular complexity index is 1140. The van der Waals surface area contributed by atoms with Crippen LogP contribution in [0.4, 0.5) is 10.8 Å². The van der Waals surface area contributed by atoms with Crippen molar-refractivity contribution in [3.63, 3.8) is 0 Å². The summed E-state index contributed by atoms with van der Waals surface area (Å²) in [7, 11) is 1.65. The number of anilines is 2. The zero-order valence-corrected chi connectivity index (χ0v) is 17.9. The minimum atomic E-state index is -1.67. The molecule has 4 rings (SSSR count). The second-order valence-electron chi connectivity index (χ2n) is 7.83. The molecule has 0 radical (unpaired) electrons. The average molecular weight is 410 g/mol. The van der Waals surface area contributed by atoms with Crippen LogP contribution in [0.5, 0.6) is 5.75 Å². The van der Waals surface area contributed by atoms with E-state index >= 15 is 0 Å². The van der Waals surface area contributed by atoms with E-state index in [2.05, 4.69) is 30.2 Å². The van der Waals surface area contributed by atoms with Gasteiger partial charge in [0.05, 0.1) is 15.9 Å². The third kappa shape index (κ3) is 3.25. The molecule has 3 aromatic rings. The molecule has 0 fully saturated rings. The Morgan fingerprint density at radius 2 is 2.00 bits per heavy atom. The Hall–Kier alpha value is -2.93. The number of hydrogen-bond donors (Lipinski definition) is 1. The second kappa shape index (κ2) is 6.84. The number of thiazole rings is 1. The SMILES string of the molecule is Cc1ccc2c(c1)N(C)C(=O)C(C)(C(=O)Nc1nc3ccc(C(C)C)cc3s1)O2. The molecule has 1 atom stereocenters. The molecule has 1 N–H and O–H groups in total. The highest BCUT2D eigenvalue weighted by Gasteiger charge is 2.50. The maximum Gasteiger partial charge on any atom is 0.280 e. The predicted molar refractivity (Wildman–Crippen MR) is 116 cm³/mol. The Labute approximate surface area is 173 Å². The van der Waals surface area contributed by atoms with Crippen molar-refractivity contribution in [2.45, 2.75) is 39.2 Å². The first-order valence-corrected chi connectivity index (χ1v) is 10.3. The molecule has 1 aliphatic rings. The van der Waals surface area contributed by atoms with Crippen LogP contribution >= 0.6 is 11.3 Å². The molecule has 0 aliphatic carbocycles. The predicted octanol–water partition coefficient (Wildman–Crippen LogP) is 4.48. The van der Waals surface area contributed by atoms with Gasteiger partial charge in [0.15, 0.2) is 5.13 Å². The van der Waals surface area contributed by atoms with E-state index in [1.807, 2.05) is 31.2 Å². The van der Waals surface area contributed by atoms with Gasteiger partial charge < -0.3 is 9.64 Å². The molecule has 1 aromatic heterocycles. The molecule has 6 nitrogen and oxygen atoms in total. The van der Waals surface area contributed by atoms with Crippen LogP contribution in [0, 0.1) is 6.92 Å². The number of aromatic nitrogens is 1. The van der Waals surface area contributed by atoms with Gasteiger partial charge in [-0.05, 0) is 55.2 Å². The number of likely N-dealkylation sites (N-methyl/N-ethyl adjacent to an activating group) is 1. The maximum absolute atomic E-state index is 13.1. The molecule has 1 unspecified atom stereocenters. The summed E-state index contributed by atoms with van der Waals surface area (Å²) in [5, 5.41) is 3.22. The minimum absolute atomic E-state index is 0.408. The van der Waals surface area contributed by atoms with Crippen molar-refractivity contribution in [1.82, 2.24) is 4.98 Å². The van der Waals surface area contributed by atoms with Crippen molar-refractivity contribution in [3.8, 4) is 5.75 Å². The Morgan fingerprint density at radius 1 is 1.24 bits per heavy atom. The lowest BCUT2D eigenvalue weighted by Crippen LogP contribution is -2.59. The normalized spacial score (nSPS) is 18.7. The Kier molecular flexibility index (Phi) is 4.58. The number of ether oxygens (including phenoxy) is 1. The van der Waals surface area contributed by atoms with Crippen LogP contribution in [0.25, 0.3) is 10.2 Å². The number of benzene rings is 2. The molecular weight excluding hydrogens is 386 g/mol. The minimum Gasteiger partial charge on any atom is -0.465 e. The number of hydrogen-bond acceptors (Lipinski definition) is 5. The number of carbonyl (C=O) groups is 2.